The van der Waals surface area contributed by atoms with Crippen LogP contribution in [0.1, 0.15) is 41.5 Å². The Hall–Kier alpha value is -2.12. The van der Waals surface area contributed by atoms with Gasteiger partial charge in [-0.3, -0.25) is 4.79 Å². The summed E-state index contributed by atoms with van der Waals surface area (Å²) in [5.41, 5.74) is 2.86. The van der Waals surface area contributed by atoms with Crippen LogP contribution in [0.3, 0.4) is 0 Å². The molecular formula is C18H20N4OS2. The van der Waals surface area contributed by atoms with Crippen molar-refractivity contribution in [1.29, 1.82) is 0 Å². The Morgan fingerprint density at radius 1 is 1.28 bits per heavy atom. The van der Waals surface area contributed by atoms with Crippen molar-refractivity contribution in [3.8, 4) is 0 Å². The summed E-state index contributed by atoms with van der Waals surface area (Å²) in [6, 6.07) is 9.69. The van der Waals surface area contributed by atoms with E-state index in [1.165, 1.54) is 5.56 Å². The maximum atomic E-state index is 12.4. The molecule has 1 N–H and O–H groups in total. The number of rotatable bonds is 6. The summed E-state index contributed by atoms with van der Waals surface area (Å²) >= 11 is 3.37. The number of thiazole rings is 1. The third-order valence-corrected chi connectivity index (χ3v) is 5.79. The van der Waals surface area contributed by atoms with Gasteiger partial charge < -0.3 is 5.32 Å². The Kier molecular flexibility index (Phi) is 5.55. The highest BCUT2D eigenvalue weighted by atomic mass is 32.2. The van der Waals surface area contributed by atoms with Gasteiger partial charge in [0.1, 0.15) is 10.2 Å². The van der Waals surface area contributed by atoms with Gasteiger partial charge in [0, 0.05) is 34.5 Å². The molecule has 7 heteroatoms. The Morgan fingerprint density at radius 3 is 2.68 bits per heavy atom. The van der Waals surface area contributed by atoms with Gasteiger partial charge in [0.15, 0.2) is 0 Å². The highest BCUT2D eigenvalue weighted by Gasteiger charge is 2.11. The summed E-state index contributed by atoms with van der Waals surface area (Å²) in [5.74, 6) is 1.42. The second kappa shape index (κ2) is 7.84. The SMILES string of the molecule is Cc1csc(SCc2ccc(C(=O)Nc3ccnn3C(C)C)cc2)n1. The maximum absolute atomic E-state index is 12.4. The Labute approximate surface area is 155 Å². The molecule has 0 bridgehead atoms. The van der Waals surface area contributed by atoms with Crippen molar-refractivity contribution >= 4 is 34.8 Å². The van der Waals surface area contributed by atoms with Gasteiger partial charge in [-0.2, -0.15) is 5.10 Å². The third kappa shape index (κ3) is 4.49. The molecule has 0 spiro atoms. The first-order valence-corrected chi connectivity index (χ1v) is 9.88. The molecule has 0 saturated carbocycles. The molecule has 0 radical (unpaired) electrons. The first-order valence-electron chi connectivity index (χ1n) is 8.01. The summed E-state index contributed by atoms with van der Waals surface area (Å²) in [6.07, 6.45) is 1.69. The minimum Gasteiger partial charge on any atom is -0.307 e. The largest absolute Gasteiger partial charge is 0.307 e. The number of nitrogens with zero attached hydrogens (tertiary/aromatic N) is 3. The van der Waals surface area contributed by atoms with Crippen LogP contribution in [-0.2, 0) is 5.75 Å². The first-order chi connectivity index (χ1) is 12.0. The summed E-state index contributed by atoms with van der Waals surface area (Å²) in [5, 5.41) is 9.20. The second-order valence-electron chi connectivity index (χ2n) is 5.95. The molecule has 5 nitrogen and oxygen atoms in total. The number of hydrogen-bond acceptors (Lipinski definition) is 5. The number of anilines is 1. The van der Waals surface area contributed by atoms with Crippen LogP contribution in [0.4, 0.5) is 5.82 Å². The van der Waals surface area contributed by atoms with Crippen molar-refractivity contribution in [2.24, 2.45) is 0 Å². The van der Waals surface area contributed by atoms with Crippen molar-refractivity contribution in [1.82, 2.24) is 14.8 Å². The summed E-state index contributed by atoms with van der Waals surface area (Å²) in [6.45, 7) is 6.05. The van der Waals surface area contributed by atoms with Crippen LogP contribution in [0.5, 0.6) is 0 Å². The molecular weight excluding hydrogens is 352 g/mol. The molecule has 0 unspecified atom stereocenters. The molecule has 130 valence electrons. The van der Waals surface area contributed by atoms with E-state index in [1.807, 2.05) is 45.0 Å². The Morgan fingerprint density at radius 2 is 2.04 bits per heavy atom. The average molecular weight is 373 g/mol. The lowest BCUT2D eigenvalue weighted by Crippen LogP contribution is -2.16. The van der Waals surface area contributed by atoms with Crippen molar-refractivity contribution in [3.63, 3.8) is 0 Å². The fourth-order valence-electron chi connectivity index (χ4n) is 2.31. The molecule has 0 aliphatic carbocycles. The normalized spacial score (nSPS) is 11.0. The molecule has 25 heavy (non-hydrogen) atoms. The van der Waals surface area contributed by atoms with E-state index in [0.29, 0.717) is 11.4 Å². The van der Waals surface area contributed by atoms with E-state index >= 15 is 0 Å². The van der Waals surface area contributed by atoms with E-state index in [1.54, 1.807) is 40.0 Å². The van der Waals surface area contributed by atoms with Crippen LogP contribution >= 0.6 is 23.1 Å². The lowest BCUT2D eigenvalue weighted by Gasteiger charge is -2.12. The number of hydrogen-bond donors (Lipinski definition) is 1. The van der Waals surface area contributed by atoms with Gasteiger partial charge >= 0.3 is 0 Å². The molecule has 0 atom stereocenters. The zero-order valence-corrected chi connectivity index (χ0v) is 16.0. The third-order valence-electron chi connectivity index (χ3n) is 3.58. The number of carbonyl (C=O) groups is 1. The molecule has 0 saturated heterocycles. The molecule has 0 aliphatic rings. The van der Waals surface area contributed by atoms with Crippen molar-refractivity contribution in [2.75, 3.05) is 5.32 Å². The monoisotopic (exact) mass is 372 g/mol. The minimum atomic E-state index is -0.128. The van der Waals surface area contributed by atoms with E-state index in [-0.39, 0.29) is 11.9 Å². The van der Waals surface area contributed by atoms with Crippen LogP contribution in [-0.4, -0.2) is 20.7 Å². The Bertz CT molecular complexity index is 852. The van der Waals surface area contributed by atoms with Crippen LogP contribution in [0.2, 0.25) is 0 Å². The van der Waals surface area contributed by atoms with Gasteiger partial charge in [-0.05, 0) is 38.5 Å². The summed E-state index contributed by atoms with van der Waals surface area (Å²) in [4.78, 5) is 16.9. The standard InChI is InChI=1S/C18H20N4OS2/c1-12(2)22-16(8-9-19-22)21-17(23)15-6-4-14(5-7-15)11-25-18-20-13(3)10-24-18/h4-10,12H,11H2,1-3H3,(H,21,23). The first kappa shape index (κ1) is 17.7. The number of benzene rings is 1. The summed E-state index contributed by atoms with van der Waals surface area (Å²) in [7, 11) is 0. The molecule has 2 heterocycles. The smallest absolute Gasteiger partial charge is 0.256 e. The van der Waals surface area contributed by atoms with Crippen molar-refractivity contribution in [3.05, 3.63) is 58.7 Å². The number of thioether (sulfide) groups is 1. The fraction of sp³-hybridized carbons (Fsp3) is 0.278. The average Bonchev–Trinajstić information content (AvgIpc) is 3.22. The van der Waals surface area contributed by atoms with Gasteiger partial charge in [0.25, 0.3) is 5.91 Å². The Balaban J connectivity index is 1.61. The van der Waals surface area contributed by atoms with Gasteiger partial charge in [0.2, 0.25) is 0 Å². The van der Waals surface area contributed by atoms with Crippen LogP contribution < -0.4 is 5.32 Å². The van der Waals surface area contributed by atoms with E-state index in [0.717, 1.165) is 15.8 Å². The molecule has 0 fully saturated rings. The fourth-order valence-corrected chi connectivity index (χ4v) is 4.11. The lowest BCUT2D eigenvalue weighted by atomic mass is 10.1. The second-order valence-corrected chi connectivity index (χ2v) is 8.03. The quantitative estimate of drug-likeness (QED) is 0.633. The molecule has 1 amide bonds. The minimum absolute atomic E-state index is 0.128. The molecule has 0 aliphatic heterocycles. The zero-order valence-electron chi connectivity index (χ0n) is 14.4. The van der Waals surface area contributed by atoms with Gasteiger partial charge in [0.05, 0.1) is 6.20 Å². The van der Waals surface area contributed by atoms with Gasteiger partial charge in [-0.15, -0.1) is 11.3 Å². The lowest BCUT2D eigenvalue weighted by molar-refractivity contribution is 0.102. The van der Waals surface area contributed by atoms with Crippen molar-refractivity contribution in [2.45, 2.75) is 36.9 Å². The number of carbonyl (C=O) groups excluding carboxylic acids is 1. The van der Waals surface area contributed by atoms with Crippen LogP contribution in [0, 0.1) is 6.92 Å². The van der Waals surface area contributed by atoms with E-state index < -0.39 is 0 Å². The highest BCUT2D eigenvalue weighted by Crippen LogP contribution is 2.26. The number of aromatic nitrogens is 3. The number of amides is 1. The van der Waals surface area contributed by atoms with Crippen LogP contribution in [0.25, 0.3) is 0 Å². The predicted molar refractivity (Wildman–Crippen MR) is 103 cm³/mol. The maximum Gasteiger partial charge on any atom is 0.256 e. The van der Waals surface area contributed by atoms with Crippen LogP contribution in [0.15, 0.2) is 46.2 Å². The molecule has 1 aromatic carbocycles. The molecule has 3 rings (SSSR count). The van der Waals surface area contributed by atoms with Gasteiger partial charge in [-0.1, -0.05) is 23.9 Å². The number of aryl methyl sites for hydroxylation is 1. The van der Waals surface area contributed by atoms with E-state index in [4.69, 9.17) is 0 Å². The summed E-state index contributed by atoms with van der Waals surface area (Å²) < 4.78 is 2.86. The number of nitrogens with one attached hydrogen (secondary N) is 1. The van der Waals surface area contributed by atoms with E-state index in [2.05, 4.69) is 20.8 Å². The highest BCUT2D eigenvalue weighted by molar-refractivity contribution is 8.00. The van der Waals surface area contributed by atoms with Gasteiger partial charge in [-0.25, -0.2) is 9.67 Å². The zero-order chi connectivity index (χ0) is 17.8. The van der Waals surface area contributed by atoms with Crippen molar-refractivity contribution < 1.29 is 4.79 Å². The molecule has 2 aromatic heterocycles. The topological polar surface area (TPSA) is 59.8 Å². The predicted octanol–water partition coefficient (Wildman–Crippen LogP) is 4.77. The molecule has 3 aromatic rings. The van der Waals surface area contributed by atoms with E-state index in [9.17, 15) is 4.79 Å².